The van der Waals surface area contributed by atoms with Crippen molar-refractivity contribution in [1.29, 1.82) is 0 Å². The van der Waals surface area contributed by atoms with Gasteiger partial charge in [0.15, 0.2) is 0 Å². The van der Waals surface area contributed by atoms with Crippen LogP contribution < -0.4 is 5.32 Å². The quantitative estimate of drug-likeness (QED) is 0.804. The van der Waals surface area contributed by atoms with E-state index >= 15 is 0 Å². The topological polar surface area (TPSA) is 29.9 Å². The first-order chi connectivity index (χ1) is 10.1. The van der Waals surface area contributed by atoms with Crippen molar-refractivity contribution < 1.29 is 4.39 Å². The van der Waals surface area contributed by atoms with Crippen molar-refractivity contribution in [3.63, 3.8) is 0 Å². The molecule has 0 amide bonds. The molecule has 6 heteroatoms. The average Bonchev–Trinajstić information content (AvgIpc) is 2.82. The van der Waals surface area contributed by atoms with Crippen molar-refractivity contribution in [3.8, 4) is 0 Å². The molecule has 0 aliphatic rings. The van der Waals surface area contributed by atoms with E-state index in [2.05, 4.69) is 33.3 Å². The van der Waals surface area contributed by atoms with E-state index in [0.717, 1.165) is 29.7 Å². The summed E-state index contributed by atoms with van der Waals surface area (Å²) in [6, 6.07) is 4.52. The van der Waals surface area contributed by atoms with Gasteiger partial charge >= 0.3 is 0 Å². The fraction of sp³-hybridized carbons (Fsp3) is 0.400. The van der Waals surface area contributed by atoms with Gasteiger partial charge in [-0.2, -0.15) is 5.10 Å². The average molecular weight is 375 g/mol. The largest absolute Gasteiger partial charge is 0.305 e. The summed E-state index contributed by atoms with van der Waals surface area (Å²) in [4.78, 5) is 0. The van der Waals surface area contributed by atoms with Gasteiger partial charge in [0.1, 0.15) is 5.82 Å². The minimum atomic E-state index is -0.313. The molecule has 3 nitrogen and oxygen atoms in total. The molecule has 0 saturated carbocycles. The van der Waals surface area contributed by atoms with E-state index < -0.39 is 0 Å². The molecule has 0 radical (unpaired) electrons. The lowest BCUT2D eigenvalue weighted by Crippen LogP contribution is -2.27. The van der Waals surface area contributed by atoms with Crippen LogP contribution >= 0.6 is 27.5 Å². The molecular weight excluding hydrogens is 357 g/mol. The summed E-state index contributed by atoms with van der Waals surface area (Å²) in [5, 5.41) is 8.10. The van der Waals surface area contributed by atoms with Crippen LogP contribution in [-0.2, 0) is 6.54 Å². The number of aryl methyl sites for hydroxylation is 1. The zero-order valence-electron chi connectivity index (χ0n) is 12.0. The first-order valence-corrected chi connectivity index (χ1v) is 8.15. The lowest BCUT2D eigenvalue weighted by molar-refractivity contribution is 0.504. The molecule has 1 aromatic heterocycles. The van der Waals surface area contributed by atoms with E-state index in [9.17, 15) is 4.39 Å². The Bertz CT molecular complexity index is 615. The summed E-state index contributed by atoms with van der Waals surface area (Å²) in [5.41, 5.74) is 1.50. The molecule has 1 aromatic carbocycles. The van der Waals surface area contributed by atoms with Crippen molar-refractivity contribution in [1.82, 2.24) is 15.1 Å². The smallest absolute Gasteiger partial charge is 0.129 e. The highest BCUT2D eigenvalue weighted by atomic mass is 79.9. The molecule has 2 aromatic rings. The highest BCUT2D eigenvalue weighted by Crippen LogP contribution is 2.31. The molecule has 21 heavy (non-hydrogen) atoms. The standard InChI is InChI=1S/C15H18BrClFN3/c1-3-7-19-14(11-6-5-10(17)8-13(11)18)15-12(16)9-20-21(15)4-2/h5-6,8-9,14,19H,3-4,7H2,1-2H3. The lowest BCUT2D eigenvalue weighted by Gasteiger charge is -2.21. The molecule has 0 bridgehead atoms. The Morgan fingerprint density at radius 3 is 2.81 bits per heavy atom. The van der Waals surface area contributed by atoms with Gasteiger partial charge in [-0.05, 0) is 48.0 Å². The predicted molar refractivity (Wildman–Crippen MR) is 87.1 cm³/mol. The number of benzene rings is 1. The maximum Gasteiger partial charge on any atom is 0.129 e. The molecule has 1 unspecified atom stereocenters. The second-order valence-corrected chi connectivity index (χ2v) is 6.04. The van der Waals surface area contributed by atoms with E-state index in [0.29, 0.717) is 10.6 Å². The van der Waals surface area contributed by atoms with Gasteiger partial charge < -0.3 is 5.32 Å². The summed E-state index contributed by atoms with van der Waals surface area (Å²) in [6.45, 7) is 5.60. The zero-order chi connectivity index (χ0) is 15.4. The van der Waals surface area contributed by atoms with Crippen molar-refractivity contribution >= 4 is 27.5 Å². The molecule has 0 aliphatic heterocycles. The van der Waals surface area contributed by atoms with E-state index in [1.54, 1.807) is 18.3 Å². The summed E-state index contributed by atoms with van der Waals surface area (Å²) < 4.78 is 17.1. The number of hydrogen-bond donors (Lipinski definition) is 1. The van der Waals surface area contributed by atoms with Crippen molar-refractivity contribution in [3.05, 3.63) is 51.0 Å². The molecule has 0 aliphatic carbocycles. The van der Waals surface area contributed by atoms with Crippen LogP contribution in [0, 0.1) is 5.82 Å². The number of aromatic nitrogens is 2. The number of nitrogens with one attached hydrogen (secondary N) is 1. The summed E-state index contributed by atoms with van der Waals surface area (Å²) in [6.07, 6.45) is 2.71. The zero-order valence-corrected chi connectivity index (χ0v) is 14.4. The normalized spacial score (nSPS) is 12.6. The Kier molecular flexibility index (Phi) is 5.79. The van der Waals surface area contributed by atoms with E-state index in [4.69, 9.17) is 11.6 Å². The first-order valence-electron chi connectivity index (χ1n) is 6.98. The van der Waals surface area contributed by atoms with Crippen LogP contribution in [0.2, 0.25) is 5.02 Å². The second kappa shape index (κ2) is 7.38. The Morgan fingerprint density at radius 1 is 1.43 bits per heavy atom. The minimum Gasteiger partial charge on any atom is -0.305 e. The number of hydrogen-bond acceptors (Lipinski definition) is 2. The van der Waals surface area contributed by atoms with Gasteiger partial charge in [0.05, 0.1) is 22.4 Å². The van der Waals surface area contributed by atoms with E-state index in [1.165, 1.54) is 6.07 Å². The van der Waals surface area contributed by atoms with Gasteiger partial charge in [0, 0.05) is 17.1 Å². The molecule has 2 rings (SSSR count). The molecule has 1 heterocycles. The monoisotopic (exact) mass is 373 g/mol. The molecular formula is C15H18BrClFN3. The van der Waals surface area contributed by atoms with Crippen LogP contribution in [0.3, 0.4) is 0 Å². The number of nitrogens with zero attached hydrogens (tertiary/aromatic N) is 2. The Hall–Kier alpha value is -0.910. The molecule has 0 saturated heterocycles. The second-order valence-electron chi connectivity index (χ2n) is 4.75. The Labute approximate surface area is 137 Å². The van der Waals surface area contributed by atoms with Crippen LogP contribution in [0.15, 0.2) is 28.9 Å². The third kappa shape index (κ3) is 3.65. The van der Waals surface area contributed by atoms with E-state index in [1.807, 2.05) is 11.6 Å². The van der Waals surface area contributed by atoms with Gasteiger partial charge in [-0.1, -0.05) is 24.6 Å². The maximum absolute atomic E-state index is 14.3. The third-order valence-electron chi connectivity index (χ3n) is 3.28. The van der Waals surface area contributed by atoms with Crippen LogP contribution in [0.4, 0.5) is 4.39 Å². The number of halogens is 3. The summed E-state index contributed by atoms with van der Waals surface area (Å²) >= 11 is 9.37. The highest BCUT2D eigenvalue weighted by Gasteiger charge is 2.23. The Balaban J connectivity index is 2.49. The Morgan fingerprint density at radius 2 is 2.19 bits per heavy atom. The summed E-state index contributed by atoms with van der Waals surface area (Å²) in [5.74, 6) is -0.313. The van der Waals surface area contributed by atoms with Crippen molar-refractivity contribution in [2.45, 2.75) is 32.9 Å². The predicted octanol–water partition coefficient (Wildman–Crippen LogP) is 4.55. The van der Waals surface area contributed by atoms with Crippen molar-refractivity contribution in [2.24, 2.45) is 0 Å². The molecule has 1 N–H and O–H groups in total. The van der Waals surface area contributed by atoms with Crippen molar-refractivity contribution in [2.75, 3.05) is 6.54 Å². The molecule has 0 spiro atoms. The van der Waals surface area contributed by atoms with Gasteiger partial charge in [0.25, 0.3) is 0 Å². The van der Waals surface area contributed by atoms with Crippen LogP contribution in [0.25, 0.3) is 0 Å². The first kappa shape index (κ1) is 16.5. The SMILES string of the molecule is CCCNC(c1ccc(Cl)cc1F)c1c(Br)cnn1CC. The minimum absolute atomic E-state index is 0.265. The fourth-order valence-electron chi connectivity index (χ4n) is 2.29. The third-order valence-corrected chi connectivity index (χ3v) is 4.12. The van der Waals surface area contributed by atoms with Gasteiger partial charge in [-0.25, -0.2) is 4.39 Å². The fourth-order valence-corrected chi connectivity index (χ4v) is 2.97. The van der Waals surface area contributed by atoms with Crippen LogP contribution in [0.1, 0.15) is 37.6 Å². The highest BCUT2D eigenvalue weighted by molar-refractivity contribution is 9.10. The van der Waals surface area contributed by atoms with Gasteiger partial charge in [-0.15, -0.1) is 0 Å². The molecule has 114 valence electrons. The van der Waals surface area contributed by atoms with Gasteiger partial charge in [-0.3, -0.25) is 4.68 Å². The van der Waals surface area contributed by atoms with Crippen LogP contribution in [0.5, 0.6) is 0 Å². The lowest BCUT2D eigenvalue weighted by atomic mass is 10.0. The molecule has 0 fully saturated rings. The molecule has 1 atom stereocenters. The van der Waals surface area contributed by atoms with Crippen LogP contribution in [-0.4, -0.2) is 16.3 Å². The van der Waals surface area contributed by atoms with E-state index in [-0.39, 0.29) is 11.9 Å². The maximum atomic E-state index is 14.3. The number of rotatable bonds is 6. The van der Waals surface area contributed by atoms with Gasteiger partial charge in [0.2, 0.25) is 0 Å². The summed E-state index contributed by atoms with van der Waals surface area (Å²) in [7, 11) is 0.